The van der Waals surface area contributed by atoms with Crippen LogP contribution in [0, 0.1) is 11.6 Å². The first-order chi connectivity index (χ1) is 9.35. The Hall–Kier alpha value is -0.520. The summed E-state index contributed by atoms with van der Waals surface area (Å²) in [6.45, 7) is 5.37. The van der Waals surface area contributed by atoms with Gasteiger partial charge in [0.1, 0.15) is 17.7 Å². The molecule has 0 radical (unpaired) electrons. The Bertz CT molecular complexity index is 487. The van der Waals surface area contributed by atoms with E-state index in [0.717, 1.165) is 25.9 Å². The third-order valence-electron chi connectivity index (χ3n) is 4.19. The van der Waals surface area contributed by atoms with Gasteiger partial charge in [0, 0.05) is 5.54 Å². The summed E-state index contributed by atoms with van der Waals surface area (Å²) in [4.78, 5) is 2.11. The lowest BCUT2D eigenvalue weighted by Crippen LogP contribution is -2.51. The molecule has 0 aromatic heterocycles. The summed E-state index contributed by atoms with van der Waals surface area (Å²) < 4.78 is 28.3. The van der Waals surface area contributed by atoms with E-state index in [-0.39, 0.29) is 10.0 Å². The zero-order valence-electron chi connectivity index (χ0n) is 11.8. The molecule has 1 fully saturated rings. The van der Waals surface area contributed by atoms with Crippen molar-refractivity contribution >= 4 is 15.9 Å². The summed E-state index contributed by atoms with van der Waals surface area (Å²) in [5, 5.41) is 10.5. The first-order valence-corrected chi connectivity index (χ1v) is 7.71. The van der Waals surface area contributed by atoms with Crippen LogP contribution in [0.15, 0.2) is 16.6 Å². The van der Waals surface area contributed by atoms with Crippen LogP contribution in [0.3, 0.4) is 0 Å². The standard InChI is InChI=1S/C15H20BrF2NO/c1-15(2,19-8-4-3-5-9-19)14(20)12-11(17)7-6-10(16)13(12)18/h6-7,14,20H,3-5,8-9H2,1-2H3. The molecule has 0 saturated carbocycles. The highest BCUT2D eigenvalue weighted by atomic mass is 79.9. The average molecular weight is 348 g/mol. The van der Waals surface area contributed by atoms with E-state index in [1.807, 2.05) is 13.8 Å². The molecule has 1 aromatic rings. The van der Waals surface area contributed by atoms with Crippen molar-refractivity contribution in [3.05, 3.63) is 33.8 Å². The first-order valence-electron chi connectivity index (χ1n) is 6.92. The number of hydrogen-bond acceptors (Lipinski definition) is 2. The molecule has 20 heavy (non-hydrogen) atoms. The van der Waals surface area contributed by atoms with Crippen LogP contribution in [-0.4, -0.2) is 28.6 Å². The molecule has 5 heteroatoms. The van der Waals surface area contributed by atoms with Gasteiger partial charge in [0.25, 0.3) is 0 Å². The van der Waals surface area contributed by atoms with Crippen molar-refractivity contribution in [2.45, 2.75) is 44.8 Å². The summed E-state index contributed by atoms with van der Waals surface area (Å²) in [6, 6.07) is 2.49. The fraction of sp³-hybridized carbons (Fsp3) is 0.600. The lowest BCUT2D eigenvalue weighted by Gasteiger charge is -2.44. The molecule has 1 aromatic carbocycles. The minimum absolute atomic E-state index is 0.169. The number of halogens is 3. The molecule has 1 N–H and O–H groups in total. The van der Waals surface area contributed by atoms with Gasteiger partial charge in [-0.3, -0.25) is 4.90 Å². The second-order valence-corrected chi connectivity index (χ2v) is 6.72. The Labute approximate surface area is 126 Å². The van der Waals surface area contributed by atoms with Crippen molar-refractivity contribution in [1.29, 1.82) is 0 Å². The molecule has 112 valence electrons. The van der Waals surface area contributed by atoms with Gasteiger partial charge in [0.15, 0.2) is 0 Å². The maximum atomic E-state index is 14.1. The van der Waals surface area contributed by atoms with Crippen LogP contribution in [-0.2, 0) is 0 Å². The first kappa shape index (κ1) is 15.9. The summed E-state index contributed by atoms with van der Waals surface area (Å²) in [7, 11) is 0. The Morgan fingerprint density at radius 2 is 1.80 bits per heavy atom. The molecule has 1 unspecified atom stereocenters. The molecule has 0 amide bonds. The summed E-state index contributed by atoms with van der Waals surface area (Å²) in [5.74, 6) is -1.43. The normalized spacial score (nSPS) is 19.1. The lowest BCUT2D eigenvalue weighted by molar-refractivity contribution is -0.0243. The molecule has 1 aliphatic rings. The van der Waals surface area contributed by atoms with Crippen LogP contribution in [0.1, 0.15) is 44.8 Å². The van der Waals surface area contributed by atoms with Gasteiger partial charge in [-0.2, -0.15) is 0 Å². The maximum Gasteiger partial charge on any atom is 0.146 e. The van der Waals surface area contributed by atoms with Crippen molar-refractivity contribution in [3.8, 4) is 0 Å². The number of likely N-dealkylation sites (tertiary alicyclic amines) is 1. The molecule has 0 spiro atoms. The van der Waals surface area contributed by atoms with Crippen LogP contribution < -0.4 is 0 Å². The molecule has 2 nitrogen and oxygen atoms in total. The smallest absolute Gasteiger partial charge is 0.146 e. The van der Waals surface area contributed by atoms with E-state index in [9.17, 15) is 13.9 Å². The minimum Gasteiger partial charge on any atom is -0.386 e. The van der Waals surface area contributed by atoms with Crippen LogP contribution in [0.4, 0.5) is 8.78 Å². The summed E-state index contributed by atoms with van der Waals surface area (Å²) >= 11 is 3.04. The second-order valence-electron chi connectivity index (χ2n) is 5.86. The molecule has 1 saturated heterocycles. The minimum atomic E-state index is -1.21. The Morgan fingerprint density at radius 1 is 1.20 bits per heavy atom. The van der Waals surface area contributed by atoms with E-state index in [1.54, 1.807) is 0 Å². The third-order valence-corrected chi connectivity index (χ3v) is 4.81. The van der Waals surface area contributed by atoms with Gasteiger partial charge in [-0.05, 0) is 67.8 Å². The van der Waals surface area contributed by atoms with Crippen molar-refractivity contribution in [2.24, 2.45) is 0 Å². The van der Waals surface area contributed by atoms with Gasteiger partial charge < -0.3 is 5.11 Å². The Morgan fingerprint density at radius 3 is 2.40 bits per heavy atom. The predicted molar refractivity (Wildman–Crippen MR) is 78.5 cm³/mol. The van der Waals surface area contributed by atoms with E-state index < -0.39 is 23.3 Å². The number of benzene rings is 1. The van der Waals surface area contributed by atoms with E-state index in [2.05, 4.69) is 20.8 Å². The second kappa shape index (κ2) is 6.08. The number of rotatable bonds is 3. The number of piperidine rings is 1. The molecule has 1 aliphatic heterocycles. The van der Waals surface area contributed by atoms with E-state index >= 15 is 0 Å². The highest BCUT2D eigenvalue weighted by molar-refractivity contribution is 9.10. The average Bonchev–Trinajstić information content (AvgIpc) is 2.44. The largest absolute Gasteiger partial charge is 0.386 e. The SMILES string of the molecule is CC(C)(C(O)c1c(F)ccc(Br)c1F)N1CCCCC1. The summed E-state index contributed by atoms with van der Waals surface area (Å²) in [5.41, 5.74) is -0.960. The number of hydrogen-bond donors (Lipinski definition) is 1. The zero-order valence-corrected chi connectivity index (χ0v) is 13.4. The Kier molecular flexibility index (Phi) is 4.82. The van der Waals surface area contributed by atoms with Crippen LogP contribution in [0.25, 0.3) is 0 Å². The van der Waals surface area contributed by atoms with Gasteiger partial charge in [-0.25, -0.2) is 8.78 Å². The van der Waals surface area contributed by atoms with Crippen LogP contribution >= 0.6 is 15.9 Å². The molecular weight excluding hydrogens is 328 g/mol. The van der Waals surface area contributed by atoms with Gasteiger partial charge in [0.05, 0.1) is 10.0 Å². The molecule has 1 atom stereocenters. The van der Waals surface area contributed by atoms with Crippen LogP contribution in [0.2, 0.25) is 0 Å². The quantitative estimate of drug-likeness (QED) is 0.834. The topological polar surface area (TPSA) is 23.5 Å². The van der Waals surface area contributed by atoms with Crippen molar-refractivity contribution in [3.63, 3.8) is 0 Å². The van der Waals surface area contributed by atoms with E-state index in [1.165, 1.54) is 18.6 Å². The highest BCUT2D eigenvalue weighted by Crippen LogP contribution is 2.37. The molecule has 2 rings (SSSR count). The van der Waals surface area contributed by atoms with Gasteiger partial charge in [-0.15, -0.1) is 0 Å². The van der Waals surface area contributed by atoms with Crippen molar-refractivity contribution < 1.29 is 13.9 Å². The third kappa shape index (κ3) is 2.90. The monoisotopic (exact) mass is 347 g/mol. The maximum absolute atomic E-state index is 14.1. The van der Waals surface area contributed by atoms with E-state index in [0.29, 0.717) is 0 Å². The number of nitrogens with zero attached hydrogens (tertiary/aromatic N) is 1. The Balaban J connectivity index is 2.34. The fourth-order valence-electron chi connectivity index (χ4n) is 2.79. The summed E-state index contributed by atoms with van der Waals surface area (Å²) in [6.07, 6.45) is 2.07. The van der Waals surface area contributed by atoms with Crippen molar-refractivity contribution in [2.75, 3.05) is 13.1 Å². The number of aliphatic hydroxyl groups excluding tert-OH is 1. The zero-order chi connectivity index (χ0) is 14.9. The molecule has 0 bridgehead atoms. The fourth-order valence-corrected chi connectivity index (χ4v) is 3.14. The number of aliphatic hydroxyl groups is 1. The van der Waals surface area contributed by atoms with Crippen molar-refractivity contribution in [1.82, 2.24) is 4.90 Å². The highest BCUT2D eigenvalue weighted by Gasteiger charge is 2.38. The van der Waals surface area contributed by atoms with Crippen LogP contribution in [0.5, 0.6) is 0 Å². The predicted octanol–water partition coefficient (Wildman–Crippen LogP) is 4.03. The van der Waals surface area contributed by atoms with Gasteiger partial charge in [-0.1, -0.05) is 6.42 Å². The molecule has 1 heterocycles. The lowest BCUT2D eigenvalue weighted by atomic mass is 9.87. The van der Waals surface area contributed by atoms with Gasteiger partial charge >= 0.3 is 0 Å². The molecular formula is C15H20BrF2NO. The van der Waals surface area contributed by atoms with E-state index in [4.69, 9.17) is 0 Å². The molecule has 0 aliphatic carbocycles. The van der Waals surface area contributed by atoms with Gasteiger partial charge in [0.2, 0.25) is 0 Å².